The van der Waals surface area contributed by atoms with E-state index in [9.17, 15) is 0 Å². The molecule has 1 aromatic rings. The molecule has 86 valence electrons. The number of rotatable bonds is 6. The van der Waals surface area contributed by atoms with Crippen molar-refractivity contribution in [1.29, 1.82) is 0 Å². The van der Waals surface area contributed by atoms with Gasteiger partial charge in [-0.3, -0.25) is 0 Å². The number of thioether (sulfide) groups is 1. The summed E-state index contributed by atoms with van der Waals surface area (Å²) in [5.41, 5.74) is 1.12. The van der Waals surface area contributed by atoms with Crippen LogP contribution in [0.2, 0.25) is 0 Å². The summed E-state index contributed by atoms with van der Waals surface area (Å²) in [4.78, 5) is 0. The summed E-state index contributed by atoms with van der Waals surface area (Å²) in [5, 5.41) is 11.5. The average molecular weight is 293 g/mol. The van der Waals surface area contributed by atoms with Crippen LogP contribution in [-0.2, 0) is 7.05 Å². The number of halogens is 1. The molecule has 15 heavy (non-hydrogen) atoms. The van der Waals surface area contributed by atoms with Crippen LogP contribution < -0.4 is 5.32 Å². The zero-order chi connectivity index (χ0) is 11.3. The third kappa shape index (κ3) is 3.46. The van der Waals surface area contributed by atoms with Crippen molar-refractivity contribution in [2.24, 2.45) is 7.05 Å². The highest BCUT2D eigenvalue weighted by Crippen LogP contribution is 2.22. The van der Waals surface area contributed by atoms with Gasteiger partial charge in [0.05, 0.1) is 11.7 Å². The Morgan fingerprint density at radius 3 is 2.80 bits per heavy atom. The quantitative estimate of drug-likeness (QED) is 0.871. The number of nitrogens with zero attached hydrogens (tertiary/aromatic N) is 3. The van der Waals surface area contributed by atoms with Crippen LogP contribution in [0.1, 0.15) is 25.1 Å². The summed E-state index contributed by atoms with van der Waals surface area (Å²) in [6.07, 6.45) is 3.24. The van der Waals surface area contributed by atoms with E-state index in [1.165, 1.54) is 0 Å². The molecule has 0 amide bonds. The number of nitrogens with one attached hydrogen (secondary N) is 1. The molecule has 1 heterocycles. The molecule has 0 bridgehead atoms. The highest BCUT2D eigenvalue weighted by atomic mass is 79.9. The zero-order valence-corrected chi connectivity index (χ0v) is 11.7. The molecule has 0 radical (unpaired) electrons. The van der Waals surface area contributed by atoms with E-state index in [-0.39, 0.29) is 0 Å². The second-order valence-electron chi connectivity index (χ2n) is 3.35. The van der Waals surface area contributed by atoms with Crippen molar-refractivity contribution in [1.82, 2.24) is 20.3 Å². The predicted molar refractivity (Wildman–Crippen MR) is 68.1 cm³/mol. The van der Waals surface area contributed by atoms with Gasteiger partial charge in [0.15, 0.2) is 4.60 Å². The monoisotopic (exact) mass is 292 g/mol. The molecule has 0 fully saturated rings. The Labute approximate surface area is 103 Å². The van der Waals surface area contributed by atoms with E-state index in [0.717, 1.165) is 29.0 Å². The molecule has 0 aliphatic heterocycles. The molecule has 4 nitrogen and oxygen atoms in total. The topological polar surface area (TPSA) is 42.7 Å². The number of aromatic nitrogens is 3. The average Bonchev–Trinajstić information content (AvgIpc) is 2.54. The van der Waals surface area contributed by atoms with Crippen molar-refractivity contribution in [2.75, 3.05) is 18.6 Å². The third-order valence-corrected chi connectivity index (χ3v) is 3.36. The standard InChI is InChI=1S/C9H17BrN4S/c1-4-5-11-7(6-15-3)8-9(10)12-13-14(8)2/h7,11H,4-6H2,1-3H3. The predicted octanol–water partition coefficient (Wildman–Crippen LogP) is 1.98. The van der Waals surface area contributed by atoms with Crippen LogP contribution >= 0.6 is 27.7 Å². The fourth-order valence-electron chi connectivity index (χ4n) is 1.43. The van der Waals surface area contributed by atoms with E-state index in [2.05, 4.69) is 44.7 Å². The minimum Gasteiger partial charge on any atom is -0.308 e. The summed E-state index contributed by atoms with van der Waals surface area (Å²) >= 11 is 5.26. The van der Waals surface area contributed by atoms with E-state index < -0.39 is 0 Å². The van der Waals surface area contributed by atoms with Gasteiger partial charge >= 0.3 is 0 Å². The SMILES string of the molecule is CCCNC(CSC)c1c(Br)nnn1C. The van der Waals surface area contributed by atoms with E-state index in [0.29, 0.717) is 6.04 Å². The van der Waals surface area contributed by atoms with E-state index >= 15 is 0 Å². The largest absolute Gasteiger partial charge is 0.308 e. The molecular formula is C9H17BrN4S. The lowest BCUT2D eigenvalue weighted by Crippen LogP contribution is -2.26. The van der Waals surface area contributed by atoms with Crippen molar-refractivity contribution in [2.45, 2.75) is 19.4 Å². The normalized spacial score (nSPS) is 13.1. The molecule has 1 N–H and O–H groups in total. The van der Waals surface area contributed by atoms with Crippen molar-refractivity contribution >= 4 is 27.7 Å². The summed E-state index contributed by atoms with van der Waals surface area (Å²) in [6.45, 7) is 3.18. The van der Waals surface area contributed by atoms with Crippen molar-refractivity contribution in [3.8, 4) is 0 Å². The molecule has 1 aromatic heterocycles. The second kappa shape index (κ2) is 6.50. The van der Waals surface area contributed by atoms with Gasteiger partial charge in [0.1, 0.15) is 0 Å². The lowest BCUT2D eigenvalue weighted by molar-refractivity contribution is 0.531. The minimum absolute atomic E-state index is 0.314. The summed E-state index contributed by atoms with van der Waals surface area (Å²) in [5.74, 6) is 1.03. The van der Waals surface area contributed by atoms with Crippen molar-refractivity contribution < 1.29 is 0 Å². The van der Waals surface area contributed by atoms with Gasteiger partial charge in [0.25, 0.3) is 0 Å². The highest BCUT2D eigenvalue weighted by molar-refractivity contribution is 9.10. The van der Waals surface area contributed by atoms with E-state index in [1.54, 1.807) is 0 Å². The number of hydrogen-bond donors (Lipinski definition) is 1. The maximum absolute atomic E-state index is 4.01. The third-order valence-electron chi connectivity index (χ3n) is 2.13. The minimum atomic E-state index is 0.314. The van der Waals surface area contributed by atoms with Gasteiger partial charge < -0.3 is 5.32 Å². The van der Waals surface area contributed by atoms with Gasteiger partial charge in [0.2, 0.25) is 0 Å². The van der Waals surface area contributed by atoms with Crippen LogP contribution in [0.25, 0.3) is 0 Å². The maximum Gasteiger partial charge on any atom is 0.153 e. The molecule has 6 heteroatoms. The molecule has 0 aliphatic carbocycles. The Balaban J connectivity index is 2.78. The maximum atomic E-state index is 4.01. The number of aryl methyl sites for hydroxylation is 1. The van der Waals surface area contributed by atoms with Crippen molar-refractivity contribution in [3.63, 3.8) is 0 Å². The van der Waals surface area contributed by atoms with Gasteiger partial charge in [-0.2, -0.15) is 11.8 Å². The van der Waals surface area contributed by atoms with E-state index in [1.807, 2.05) is 23.5 Å². The van der Waals surface area contributed by atoms with Gasteiger partial charge in [0, 0.05) is 12.8 Å². The summed E-state index contributed by atoms with van der Waals surface area (Å²) in [7, 11) is 1.92. The van der Waals surface area contributed by atoms with Crippen molar-refractivity contribution in [3.05, 3.63) is 10.3 Å². The molecule has 0 aliphatic rings. The van der Waals surface area contributed by atoms with Crippen LogP contribution in [0.5, 0.6) is 0 Å². The smallest absolute Gasteiger partial charge is 0.153 e. The van der Waals surface area contributed by atoms with Gasteiger partial charge in [-0.15, -0.1) is 5.10 Å². The zero-order valence-electron chi connectivity index (χ0n) is 9.33. The summed E-state index contributed by atoms with van der Waals surface area (Å²) < 4.78 is 2.67. The van der Waals surface area contributed by atoms with Crippen LogP contribution in [0.15, 0.2) is 4.60 Å². The Hall–Kier alpha value is -0.0700. The van der Waals surface area contributed by atoms with Gasteiger partial charge in [-0.25, -0.2) is 4.68 Å². The van der Waals surface area contributed by atoms with Crippen LogP contribution in [0, 0.1) is 0 Å². The Morgan fingerprint density at radius 2 is 2.33 bits per heavy atom. The Kier molecular flexibility index (Phi) is 5.63. The van der Waals surface area contributed by atoms with Crippen LogP contribution in [0.3, 0.4) is 0 Å². The molecule has 1 atom stereocenters. The lowest BCUT2D eigenvalue weighted by atomic mass is 10.2. The fourth-order valence-corrected chi connectivity index (χ4v) is 2.64. The second-order valence-corrected chi connectivity index (χ2v) is 5.01. The first-order chi connectivity index (χ1) is 7.20. The van der Waals surface area contributed by atoms with E-state index in [4.69, 9.17) is 0 Å². The number of hydrogen-bond acceptors (Lipinski definition) is 4. The molecule has 1 unspecified atom stereocenters. The Bertz CT molecular complexity index is 283. The van der Waals surface area contributed by atoms with Gasteiger partial charge in [-0.1, -0.05) is 12.1 Å². The molecular weight excluding hydrogens is 276 g/mol. The molecule has 0 saturated heterocycles. The molecule has 0 spiro atoms. The first-order valence-electron chi connectivity index (χ1n) is 4.98. The molecule has 0 aromatic carbocycles. The summed E-state index contributed by atoms with van der Waals surface area (Å²) in [6, 6.07) is 0.314. The highest BCUT2D eigenvalue weighted by Gasteiger charge is 2.18. The van der Waals surface area contributed by atoms with Crippen LogP contribution in [0.4, 0.5) is 0 Å². The van der Waals surface area contributed by atoms with Gasteiger partial charge in [-0.05, 0) is 35.2 Å². The molecule has 0 saturated carbocycles. The fraction of sp³-hybridized carbons (Fsp3) is 0.778. The lowest BCUT2D eigenvalue weighted by Gasteiger charge is -2.17. The first-order valence-corrected chi connectivity index (χ1v) is 7.16. The first kappa shape index (κ1) is 13.0. The Morgan fingerprint density at radius 1 is 1.60 bits per heavy atom. The van der Waals surface area contributed by atoms with Crippen LogP contribution in [-0.4, -0.2) is 33.5 Å². The molecule has 1 rings (SSSR count).